The quantitative estimate of drug-likeness (QED) is 0.331. The van der Waals surface area contributed by atoms with Gasteiger partial charge in [0.05, 0.1) is 29.3 Å². The van der Waals surface area contributed by atoms with Gasteiger partial charge in [0.25, 0.3) is 10.0 Å². The molecule has 0 saturated carbocycles. The Balaban J connectivity index is 1.74. The number of nitrogens with zero attached hydrogens (tertiary/aromatic N) is 1. The third-order valence-electron chi connectivity index (χ3n) is 6.51. The molecule has 0 radical (unpaired) electrons. The third-order valence-corrected chi connectivity index (χ3v) is 8.60. The van der Waals surface area contributed by atoms with Crippen LogP contribution in [0.25, 0.3) is 11.6 Å². The predicted octanol–water partition coefficient (Wildman–Crippen LogP) is 5.03. The highest BCUT2D eigenvalue weighted by Gasteiger charge is 2.35. The Morgan fingerprint density at radius 1 is 1.22 bits per heavy atom. The van der Waals surface area contributed by atoms with E-state index < -0.39 is 39.8 Å². The molecule has 2 atom stereocenters. The molecular formula is C29H29ClF2N2O6S. The Hall–Kier alpha value is -3.67. The number of benzene rings is 3. The number of hydrogen-bond donors (Lipinski definition) is 2. The summed E-state index contributed by atoms with van der Waals surface area (Å²) in [6.45, 7) is 3.04. The second-order valence-electron chi connectivity index (χ2n) is 9.48. The third kappa shape index (κ3) is 6.64. The van der Waals surface area contributed by atoms with Crippen molar-refractivity contribution in [3.8, 4) is 11.5 Å². The van der Waals surface area contributed by atoms with Crippen molar-refractivity contribution in [1.29, 1.82) is 0 Å². The minimum absolute atomic E-state index is 0.120. The van der Waals surface area contributed by atoms with Crippen LogP contribution in [0.4, 0.5) is 14.5 Å². The Labute approximate surface area is 242 Å². The van der Waals surface area contributed by atoms with E-state index in [2.05, 4.69) is 5.32 Å². The number of rotatable bonds is 9. The van der Waals surface area contributed by atoms with Crippen LogP contribution in [-0.4, -0.2) is 51.8 Å². The van der Waals surface area contributed by atoms with E-state index in [0.29, 0.717) is 11.1 Å². The van der Waals surface area contributed by atoms with Crippen LogP contribution in [0.1, 0.15) is 31.4 Å². The van der Waals surface area contributed by atoms with Crippen LogP contribution in [0.2, 0.25) is 5.02 Å². The van der Waals surface area contributed by atoms with Gasteiger partial charge in [0.2, 0.25) is 5.91 Å². The number of hydrogen-bond acceptors (Lipinski definition) is 6. The summed E-state index contributed by atoms with van der Waals surface area (Å²) in [5.74, 6) is -1.74. The predicted molar refractivity (Wildman–Crippen MR) is 153 cm³/mol. The van der Waals surface area contributed by atoms with Crippen LogP contribution < -0.4 is 19.1 Å². The van der Waals surface area contributed by atoms with Crippen LogP contribution in [0.15, 0.2) is 59.5 Å². The summed E-state index contributed by atoms with van der Waals surface area (Å²) in [6, 6.07) is 12.5. The van der Waals surface area contributed by atoms with Crippen LogP contribution >= 0.6 is 11.6 Å². The number of halogens is 3. The first-order chi connectivity index (χ1) is 19.4. The maximum Gasteiger partial charge on any atom is 0.264 e. The molecule has 1 aliphatic heterocycles. The average molecular weight is 607 g/mol. The van der Waals surface area contributed by atoms with Crippen LogP contribution in [0, 0.1) is 11.6 Å². The van der Waals surface area contributed by atoms with E-state index in [0.717, 1.165) is 22.5 Å². The number of carbonyl (C=O) groups excluding carboxylic acids is 1. The Bertz CT molecular complexity index is 1580. The first-order valence-corrected chi connectivity index (χ1v) is 14.5. The summed E-state index contributed by atoms with van der Waals surface area (Å²) >= 11 is 6.22. The number of amides is 1. The van der Waals surface area contributed by atoms with E-state index in [4.69, 9.17) is 21.1 Å². The molecule has 0 aliphatic carbocycles. The highest BCUT2D eigenvalue weighted by atomic mass is 35.5. The molecule has 0 spiro atoms. The lowest BCUT2D eigenvalue weighted by atomic mass is 10.0. The standard InChI is InChI=1S/C29H29ClF2N2O6S/c1-17(28-22(30)5-4-6-24(28)32)13-19-7-10-26-25(14-19)34(16-20(40-26)11-12-33-29(36)18(2)35)41(37,38)21-8-9-23(31)27(15-21)39-3/h4-10,13-15,18,20,35H,11-12,16H2,1-3H3,(H,33,36)/b17-13+/t18?,20-/m0/s1. The average Bonchev–Trinajstić information content (AvgIpc) is 2.92. The minimum atomic E-state index is -4.25. The Kier molecular flexibility index (Phi) is 9.21. The van der Waals surface area contributed by atoms with Crippen LogP contribution in [0.3, 0.4) is 0 Å². The molecule has 0 fully saturated rings. The number of aliphatic hydroxyl groups is 1. The van der Waals surface area contributed by atoms with Gasteiger partial charge in [0, 0.05) is 24.6 Å². The number of aliphatic hydroxyl groups excluding tert-OH is 1. The molecule has 1 aliphatic rings. The van der Waals surface area contributed by atoms with Gasteiger partial charge in [-0.15, -0.1) is 0 Å². The molecule has 1 unspecified atom stereocenters. The zero-order valence-electron chi connectivity index (χ0n) is 22.5. The maximum absolute atomic E-state index is 14.5. The molecule has 0 saturated heterocycles. The zero-order chi connectivity index (χ0) is 29.9. The van der Waals surface area contributed by atoms with Crippen molar-refractivity contribution >= 4 is 44.9 Å². The summed E-state index contributed by atoms with van der Waals surface area (Å²) in [4.78, 5) is 11.6. The molecule has 2 N–H and O–H groups in total. The van der Waals surface area contributed by atoms with Crippen molar-refractivity contribution in [3.63, 3.8) is 0 Å². The maximum atomic E-state index is 14.5. The molecule has 3 aromatic rings. The fourth-order valence-corrected chi connectivity index (χ4v) is 6.25. The summed E-state index contributed by atoms with van der Waals surface area (Å²) < 4.78 is 68.6. The number of methoxy groups -OCH3 is 1. The number of fused-ring (bicyclic) bond motifs is 1. The van der Waals surface area contributed by atoms with Crippen molar-refractivity contribution in [2.45, 2.75) is 37.4 Å². The van der Waals surface area contributed by atoms with E-state index in [1.807, 2.05) is 0 Å². The molecule has 3 aromatic carbocycles. The molecule has 12 heteroatoms. The normalized spacial score (nSPS) is 16.0. The van der Waals surface area contributed by atoms with Crippen molar-refractivity contribution in [3.05, 3.63) is 82.4 Å². The number of sulfonamides is 1. The first-order valence-electron chi connectivity index (χ1n) is 12.7. The van der Waals surface area contributed by atoms with Gasteiger partial charge in [-0.2, -0.15) is 0 Å². The lowest BCUT2D eigenvalue weighted by Crippen LogP contribution is -2.45. The summed E-state index contributed by atoms with van der Waals surface area (Å²) in [5, 5.41) is 12.2. The molecule has 4 rings (SSSR count). The largest absolute Gasteiger partial charge is 0.494 e. The Morgan fingerprint density at radius 3 is 2.66 bits per heavy atom. The number of anilines is 1. The first kappa shape index (κ1) is 30.3. The number of carbonyl (C=O) groups is 1. The van der Waals surface area contributed by atoms with Crippen LogP contribution in [-0.2, 0) is 14.8 Å². The van der Waals surface area contributed by atoms with Gasteiger partial charge in [-0.05, 0) is 61.4 Å². The van der Waals surface area contributed by atoms with E-state index in [1.54, 1.807) is 37.3 Å². The van der Waals surface area contributed by atoms with Gasteiger partial charge in [0.15, 0.2) is 11.6 Å². The summed E-state index contributed by atoms with van der Waals surface area (Å²) in [6.07, 6.45) is 0.0637. The minimum Gasteiger partial charge on any atom is -0.494 e. The number of allylic oxidation sites excluding steroid dienone is 1. The molecule has 0 aromatic heterocycles. The molecule has 41 heavy (non-hydrogen) atoms. The topological polar surface area (TPSA) is 105 Å². The van der Waals surface area contributed by atoms with E-state index in [-0.39, 0.29) is 52.2 Å². The number of ether oxygens (including phenoxy) is 2. The van der Waals surface area contributed by atoms with Gasteiger partial charge in [0.1, 0.15) is 23.8 Å². The SMILES string of the molecule is COc1cc(S(=O)(=O)N2C[C@H](CCNC(=O)C(C)O)Oc3ccc(/C=C(\C)c4c(F)cccc4Cl)cc32)ccc1F. The highest BCUT2D eigenvalue weighted by Crippen LogP contribution is 2.40. The van der Waals surface area contributed by atoms with Crippen LogP contribution in [0.5, 0.6) is 11.5 Å². The van der Waals surface area contributed by atoms with E-state index in [9.17, 15) is 27.1 Å². The fraction of sp³-hybridized carbons (Fsp3) is 0.276. The van der Waals surface area contributed by atoms with Crippen molar-refractivity contribution in [2.24, 2.45) is 0 Å². The molecule has 8 nitrogen and oxygen atoms in total. The van der Waals surface area contributed by atoms with Crippen molar-refractivity contribution in [2.75, 3.05) is 24.5 Å². The molecular weight excluding hydrogens is 578 g/mol. The van der Waals surface area contributed by atoms with Gasteiger partial charge < -0.3 is 19.9 Å². The number of nitrogens with one attached hydrogen (secondary N) is 1. The van der Waals surface area contributed by atoms with Gasteiger partial charge >= 0.3 is 0 Å². The Morgan fingerprint density at radius 2 is 1.98 bits per heavy atom. The lowest BCUT2D eigenvalue weighted by Gasteiger charge is -2.36. The molecule has 1 amide bonds. The second-order valence-corrected chi connectivity index (χ2v) is 11.7. The van der Waals surface area contributed by atoms with Gasteiger partial charge in [-0.25, -0.2) is 17.2 Å². The molecule has 1 heterocycles. The van der Waals surface area contributed by atoms with E-state index in [1.165, 1.54) is 26.2 Å². The zero-order valence-corrected chi connectivity index (χ0v) is 24.1. The van der Waals surface area contributed by atoms with Crippen molar-refractivity contribution in [1.82, 2.24) is 5.32 Å². The van der Waals surface area contributed by atoms with E-state index >= 15 is 0 Å². The van der Waals surface area contributed by atoms with Gasteiger partial charge in [-0.3, -0.25) is 9.10 Å². The smallest absolute Gasteiger partial charge is 0.264 e. The second kappa shape index (κ2) is 12.5. The lowest BCUT2D eigenvalue weighted by molar-refractivity contribution is -0.128. The molecule has 0 bridgehead atoms. The highest BCUT2D eigenvalue weighted by molar-refractivity contribution is 7.92. The van der Waals surface area contributed by atoms with Crippen molar-refractivity contribution < 1.29 is 36.6 Å². The van der Waals surface area contributed by atoms with Gasteiger partial charge in [-0.1, -0.05) is 29.8 Å². The molecule has 218 valence electrons. The summed E-state index contributed by atoms with van der Waals surface area (Å²) in [5.41, 5.74) is 1.53. The summed E-state index contributed by atoms with van der Waals surface area (Å²) in [7, 11) is -3.01. The monoisotopic (exact) mass is 606 g/mol. The fourth-order valence-electron chi connectivity index (χ4n) is 4.43.